The summed E-state index contributed by atoms with van der Waals surface area (Å²) in [6.45, 7) is 3.98. The summed E-state index contributed by atoms with van der Waals surface area (Å²) in [5, 5.41) is 0. The van der Waals surface area contributed by atoms with Gasteiger partial charge in [-0.15, -0.1) is 0 Å². The van der Waals surface area contributed by atoms with Crippen molar-refractivity contribution in [2.24, 2.45) is 5.92 Å². The third-order valence-corrected chi connectivity index (χ3v) is 7.67. The van der Waals surface area contributed by atoms with Gasteiger partial charge in [0.15, 0.2) is 23.3 Å². The van der Waals surface area contributed by atoms with Crippen LogP contribution in [0.15, 0.2) is 48.5 Å². The smallest absolute Gasteiger partial charge is 0.166 e. The van der Waals surface area contributed by atoms with Crippen molar-refractivity contribution in [2.45, 2.75) is 77.6 Å². The number of benzene rings is 3. The van der Waals surface area contributed by atoms with E-state index < -0.39 is 23.3 Å². The Bertz CT molecular complexity index is 1140. The fraction of sp³-hybridized carbons (Fsp3) is 0.419. The largest absolute Gasteiger partial charge is 0.203 e. The molecule has 1 saturated carbocycles. The summed E-state index contributed by atoms with van der Waals surface area (Å²) < 4.78 is 58.5. The van der Waals surface area contributed by atoms with Crippen LogP contribution in [-0.2, 0) is 19.3 Å². The van der Waals surface area contributed by atoms with Gasteiger partial charge in [-0.05, 0) is 84.6 Å². The maximum atomic E-state index is 14.9. The lowest BCUT2D eigenvalue weighted by atomic mass is 9.77. The summed E-state index contributed by atoms with van der Waals surface area (Å²) in [5.74, 6) is -2.23. The molecule has 4 rings (SSSR count). The highest BCUT2D eigenvalue weighted by atomic mass is 19.2. The number of rotatable bonds is 8. The lowest BCUT2D eigenvalue weighted by molar-refractivity contribution is 0.302. The summed E-state index contributed by atoms with van der Waals surface area (Å²) >= 11 is 0. The lowest BCUT2D eigenvalue weighted by Crippen LogP contribution is -2.15. The molecule has 1 aliphatic carbocycles. The lowest BCUT2D eigenvalue weighted by Gasteiger charge is -2.29. The zero-order valence-electron chi connectivity index (χ0n) is 20.6. The van der Waals surface area contributed by atoms with E-state index in [9.17, 15) is 17.6 Å². The Morgan fingerprint density at radius 1 is 0.657 bits per heavy atom. The zero-order chi connectivity index (χ0) is 24.9. The summed E-state index contributed by atoms with van der Waals surface area (Å²) in [6, 6.07) is 13.9. The fourth-order valence-corrected chi connectivity index (χ4v) is 5.50. The molecular formula is C31H34F4. The second-order valence-corrected chi connectivity index (χ2v) is 9.90. The van der Waals surface area contributed by atoms with Gasteiger partial charge in [0.05, 0.1) is 0 Å². The Labute approximate surface area is 206 Å². The van der Waals surface area contributed by atoms with Gasteiger partial charge >= 0.3 is 0 Å². The molecule has 0 spiro atoms. The third-order valence-electron chi connectivity index (χ3n) is 7.67. The van der Waals surface area contributed by atoms with Crippen LogP contribution >= 0.6 is 0 Å². The van der Waals surface area contributed by atoms with E-state index in [2.05, 4.69) is 6.92 Å². The molecule has 3 aromatic carbocycles. The maximum Gasteiger partial charge on any atom is 0.166 e. The van der Waals surface area contributed by atoms with Crippen LogP contribution < -0.4 is 0 Å². The third kappa shape index (κ3) is 5.63. The molecule has 0 bridgehead atoms. The minimum absolute atomic E-state index is 0.107. The van der Waals surface area contributed by atoms with Crippen LogP contribution in [0.4, 0.5) is 17.6 Å². The minimum Gasteiger partial charge on any atom is -0.203 e. The van der Waals surface area contributed by atoms with Crippen molar-refractivity contribution in [1.82, 2.24) is 0 Å². The van der Waals surface area contributed by atoms with Gasteiger partial charge in [0.1, 0.15) is 0 Å². The number of aryl methyl sites for hydroxylation is 3. The molecule has 4 heteroatoms. The molecule has 0 amide bonds. The molecule has 1 fully saturated rings. The van der Waals surface area contributed by atoms with E-state index in [1.165, 1.54) is 12.8 Å². The molecule has 0 atom stereocenters. The molecule has 35 heavy (non-hydrogen) atoms. The van der Waals surface area contributed by atoms with Crippen molar-refractivity contribution in [2.75, 3.05) is 0 Å². The Balaban J connectivity index is 1.41. The van der Waals surface area contributed by atoms with Crippen LogP contribution in [0.5, 0.6) is 0 Å². The summed E-state index contributed by atoms with van der Waals surface area (Å²) in [7, 11) is 0. The fourth-order valence-electron chi connectivity index (χ4n) is 5.50. The van der Waals surface area contributed by atoms with Gasteiger partial charge in [0, 0.05) is 5.56 Å². The Hall–Kier alpha value is -2.62. The highest BCUT2D eigenvalue weighted by Gasteiger charge is 2.26. The van der Waals surface area contributed by atoms with Gasteiger partial charge in [-0.25, -0.2) is 17.6 Å². The number of hydrogen-bond acceptors (Lipinski definition) is 0. The molecule has 0 heterocycles. The first kappa shape index (κ1) is 25.5. The van der Waals surface area contributed by atoms with Crippen LogP contribution in [0, 0.1) is 29.2 Å². The molecule has 0 unspecified atom stereocenters. The summed E-state index contributed by atoms with van der Waals surface area (Å²) in [4.78, 5) is 0. The predicted molar refractivity (Wildman–Crippen MR) is 135 cm³/mol. The van der Waals surface area contributed by atoms with Crippen LogP contribution in [0.3, 0.4) is 0 Å². The molecule has 3 aromatic rings. The molecule has 0 aliphatic heterocycles. The molecule has 0 aromatic heterocycles. The van der Waals surface area contributed by atoms with Gasteiger partial charge in [0.25, 0.3) is 0 Å². The van der Waals surface area contributed by atoms with Gasteiger partial charge in [-0.3, -0.25) is 0 Å². The van der Waals surface area contributed by atoms with Gasteiger partial charge in [-0.2, -0.15) is 0 Å². The van der Waals surface area contributed by atoms with Crippen molar-refractivity contribution >= 4 is 0 Å². The van der Waals surface area contributed by atoms with Crippen LogP contribution in [0.2, 0.25) is 0 Å². The minimum atomic E-state index is -0.839. The van der Waals surface area contributed by atoms with Gasteiger partial charge in [0.2, 0.25) is 0 Å². The van der Waals surface area contributed by atoms with Crippen molar-refractivity contribution in [3.8, 4) is 11.1 Å². The van der Waals surface area contributed by atoms with E-state index >= 15 is 0 Å². The molecule has 186 valence electrons. The van der Waals surface area contributed by atoms with Crippen LogP contribution in [-0.4, -0.2) is 0 Å². The topological polar surface area (TPSA) is 0 Å². The van der Waals surface area contributed by atoms with E-state index in [4.69, 9.17) is 0 Å². The SMILES string of the molecule is CCCC1CCC(c2ccc(CCc3ccc(-c4ccc(CC)c(F)c4F)cc3)c(F)c2F)CC1. The average molecular weight is 483 g/mol. The summed E-state index contributed by atoms with van der Waals surface area (Å²) in [6.07, 6.45) is 7.78. The van der Waals surface area contributed by atoms with Crippen LogP contribution in [0.25, 0.3) is 11.1 Å². The van der Waals surface area contributed by atoms with E-state index in [-0.39, 0.29) is 11.5 Å². The monoisotopic (exact) mass is 482 g/mol. The first-order valence-corrected chi connectivity index (χ1v) is 13.0. The number of halogens is 4. The second-order valence-electron chi connectivity index (χ2n) is 9.90. The van der Waals surface area contributed by atoms with E-state index in [0.29, 0.717) is 41.5 Å². The molecular weight excluding hydrogens is 448 g/mol. The Morgan fingerprint density at radius 3 is 1.97 bits per heavy atom. The maximum absolute atomic E-state index is 14.9. The highest BCUT2D eigenvalue weighted by molar-refractivity contribution is 5.65. The predicted octanol–water partition coefficient (Wildman–Crippen LogP) is 9.33. The first-order chi connectivity index (χ1) is 16.9. The number of hydrogen-bond donors (Lipinski definition) is 0. The molecule has 0 N–H and O–H groups in total. The first-order valence-electron chi connectivity index (χ1n) is 13.0. The quantitative estimate of drug-likeness (QED) is 0.281. The van der Waals surface area contributed by atoms with E-state index in [1.807, 2.05) is 12.1 Å². The second kappa shape index (κ2) is 11.4. The molecule has 0 nitrogen and oxygen atoms in total. The summed E-state index contributed by atoms with van der Waals surface area (Å²) in [5.41, 5.74) is 2.99. The highest BCUT2D eigenvalue weighted by Crippen LogP contribution is 2.39. The van der Waals surface area contributed by atoms with E-state index in [1.54, 1.807) is 43.3 Å². The van der Waals surface area contributed by atoms with Gasteiger partial charge < -0.3 is 0 Å². The zero-order valence-corrected chi connectivity index (χ0v) is 20.6. The van der Waals surface area contributed by atoms with Gasteiger partial charge in [-0.1, -0.05) is 75.2 Å². The standard InChI is InChI=1S/C31H34F4/c1-3-5-20-6-11-23(12-7-20)27-19-17-25(29(33)31(27)35)15-10-21-8-13-24(14-9-21)26-18-16-22(4-2)28(32)30(26)34/h8-9,13-14,16-20,23H,3-7,10-12,15H2,1-2H3. The van der Waals surface area contributed by atoms with Crippen molar-refractivity contribution in [3.63, 3.8) is 0 Å². The average Bonchev–Trinajstić information content (AvgIpc) is 2.88. The molecule has 1 aliphatic rings. The van der Waals surface area contributed by atoms with Crippen molar-refractivity contribution in [3.05, 3.63) is 94.1 Å². The van der Waals surface area contributed by atoms with Crippen LogP contribution in [0.1, 0.15) is 80.5 Å². The Morgan fingerprint density at radius 2 is 1.31 bits per heavy atom. The molecule has 0 radical (unpaired) electrons. The van der Waals surface area contributed by atoms with Crippen molar-refractivity contribution in [1.29, 1.82) is 0 Å². The normalized spacial score (nSPS) is 18.1. The Kier molecular flexibility index (Phi) is 8.30. The van der Waals surface area contributed by atoms with Crippen molar-refractivity contribution < 1.29 is 17.6 Å². The molecule has 0 saturated heterocycles. The van der Waals surface area contributed by atoms with E-state index in [0.717, 1.165) is 37.2 Å².